The first-order chi connectivity index (χ1) is 7.67. The van der Waals surface area contributed by atoms with Crippen molar-refractivity contribution < 1.29 is 14.4 Å². The molecule has 1 aliphatic heterocycles. The molecule has 1 saturated heterocycles. The third-order valence-electron chi connectivity index (χ3n) is 2.85. The van der Waals surface area contributed by atoms with Crippen molar-refractivity contribution in [1.29, 1.82) is 0 Å². The lowest BCUT2D eigenvalue weighted by Gasteiger charge is -2.41. The fraction of sp³-hybridized carbons (Fsp3) is 0.600. The number of hydrogen-bond acceptors (Lipinski definition) is 4. The Morgan fingerprint density at radius 1 is 1.53 bits per heavy atom. The minimum atomic E-state index is -1.08. The molecule has 1 aliphatic rings. The van der Waals surface area contributed by atoms with Gasteiger partial charge in [0.2, 0.25) is 11.8 Å². The Bertz CT molecular complexity index is 406. The highest BCUT2D eigenvalue weighted by Crippen LogP contribution is 2.20. The van der Waals surface area contributed by atoms with E-state index < -0.39 is 29.2 Å². The zero-order valence-electron chi connectivity index (χ0n) is 9.94. The molecular weight excluding hydrogens is 242 g/mol. The van der Waals surface area contributed by atoms with Gasteiger partial charge in [-0.3, -0.25) is 19.7 Å². The number of thiocarbonyl (C=S) groups is 1. The third kappa shape index (κ3) is 2.44. The molecule has 0 spiro atoms. The zero-order valence-corrected chi connectivity index (χ0v) is 10.8. The van der Waals surface area contributed by atoms with Crippen LogP contribution in [0.1, 0.15) is 20.8 Å². The fourth-order valence-corrected chi connectivity index (χ4v) is 1.59. The van der Waals surface area contributed by atoms with Crippen molar-refractivity contribution in [3.8, 4) is 0 Å². The molecule has 0 aromatic carbocycles. The number of rotatable bonds is 2. The van der Waals surface area contributed by atoms with Gasteiger partial charge < -0.3 is 10.6 Å². The van der Waals surface area contributed by atoms with Crippen molar-refractivity contribution in [2.75, 3.05) is 6.54 Å². The lowest BCUT2D eigenvalue weighted by molar-refractivity contribution is -0.156. The summed E-state index contributed by atoms with van der Waals surface area (Å²) >= 11 is 4.74. The first-order valence-electron chi connectivity index (χ1n) is 5.13. The summed E-state index contributed by atoms with van der Waals surface area (Å²) in [4.78, 5) is 36.2. The standard InChI is InChI=1S/C10H15N3O3S/c1-5(7(11)17)8(15)13-4-6(14)12-9(16)10(13,2)3/h5H,4H2,1-3H3,(H2,11,17)(H,12,14,16). The molecule has 1 unspecified atom stereocenters. The minimum absolute atomic E-state index is 0.0456. The zero-order chi connectivity index (χ0) is 13.4. The second kappa shape index (κ2) is 4.40. The summed E-state index contributed by atoms with van der Waals surface area (Å²) in [6.45, 7) is 4.53. The Hall–Kier alpha value is -1.50. The number of carbonyl (C=O) groups excluding carboxylic acids is 3. The number of nitrogens with two attached hydrogens (primary N) is 1. The summed E-state index contributed by atoms with van der Waals surface area (Å²) in [5, 5.41) is 2.19. The molecule has 0 saturated carbocycles. The van der Waals surface area contributed by atoms with Crippen molar-refractivity contribution in [3.05, 3.63) is 0 Å². The van der Waals surface area contributed by atoms with E-state index in [1.165, 1.54) is 4.90 Å². The van der Waals surface area contributed by atoms with E-state index in [0.717, 1.165) is 0 Å². The number of imide groups is 1. The van der Waals surface area contributed by atoms with Gasteiger partial charge >= 0.3 is 0 Å². The van der Waals surface area contributed by atoms with Crippen LogP contribution in [0, 0.1) is 5.92 Å². The summed E-state index contributed by atoms with van der Waals surface area (Å²) in [6, 6.07) is 0. The van der Waals surface area contributed by atoms with Crippen LogP contribution in [0.3, 0.4) is 0 Å². The second-order valence-corrected chi connectivity index (χ2v) is 4.96. The van der Waals surface area contributed by atoms with E-state index in [4.69, 9.17) is 18.0 Å². The summed E-state index contributed by atoms with van der Waals surface area (Å²) in [7, 11) is 0. The first kappa shape index (κ1) is 13.6. The molecule has 1 atom stereocenters. The van der Waals surface area contributed by atoms with Gasteiger partial charge in [0.25, 0.3) is 5.91 Å². The number of amides is 3. The molecule has 0 bridgehead atoms. The summed E-state index contributed by atoms with van der Waals surface area (Å²) < 4.78 is 0. The van der Waals surface area contributed by atoms with Gasteiger partial charge in [0.1, 0.15) is 12.1 Å². The molecule has 6 nitrogen and oxygen atoms in total. The monoisotopic (exact) mass is 257 g/mol. The molecule has 94 valence electrons. The molecule has 17 heavy (non-hydrogen) atoms. The lowest BCUT2D eigenvalue weighted by atomic mass is 9.96. The highest BCUT2D eigenvalue weighted by atomic mass is 32.1. The molecule has 3 amide bonds. The number of hydrogen-bond donors (Lipinski definition) is 2. The van der Waals surface area contributed by atoms with Crippen molar-refractivity contribution >= 4 is 34.9 Å². The molecule has 0 aromatic heterocycles. The molecule has 1 rings (SSSR count). The lowest BCUT2D eigenvalue weighted by Crippen LogP contribution is -2.66. The van der Waals surface area contributed by atoms with E-state index in [-0.39, 0.29) is 11.5 Å². The number of nitrogens with one attached hydrogen (secondary N) is 1. The largest absolute Gasteiger partial charge is 0.393 e. The average Bonchev–Trinajstić information content (AvgIpc) is 2.21. The van der Waals surface area contributed by atoms with Crippen LogP contribution in [0.5, 0.6) is 0 Å². The van der Waals surface area contributed by atoms with Gasteiger partial charge in [-0.1, -0.05) is 12.2 Å². The molecule has 3 N–H and O–H groups in total. The predicted octanol–water partition coefficient (Wildman–Crippen LogP) is -0.828. The van der Waals surface area contributed by atoms with E-state index in [2.05, 4.69) is 5.32 Å². The summed E-state index contributed by atoms with van der Waals surface area (Å²) in [6.07, 6.45) is 0. The summed E-state index contributed by atoms with van der Waals surface area (Å²) in [5.74, 6) is -2.11. The molecule has 7 heteroatoms. The molecule has 1 heterocycles. The fourth-order valence-electron chi connectivity index (χ4n) is 1.49. The summed E-state index contributed by atoms with van der Waals surface area (Å²) in [5.41, 5.74) is 4.32. The van der Waals surface area contributed by atoms with Crippen molar-refractivity contribution in [2.45, 2.75) is 26.3 Å². The Balaban J connectivity index is 3.02. The van der Waals surface area contributed by atoms with E-state index >= 15 is 0 Å². The van der Waals surface area contributed by atoms with E-state index in [1.807, 2.05) is 0 Å². The van der Waals surface area contributed by atoms with Gasteiger partial charge in [0.05, 0.1) is 10.9 Å². The number of nitrogens with zero attached hydrogens (tertiary/aromatic N) is 1. The van der Waals surface area contributed by atoms with Crippen molar-refractivity contribution in [3.63, 3.8) is 0 Å². The maximum absolute atomic E-state index is 12.1. The van der Waals surface area contributed by atoms with Crippen LogP contribution in [0.2, 0.25) is 0 Å². The highest BCUT2D eigenvalue weighted by molar-refractivity contribution is 7.80. The van der Waals surface area contributed by atoms with Crippen LogP contribution in [0.25, 0.3) is 0 Å². The smallest absolute Gasteiger partial charge is 0.252 e. The van der Waals surface area contributed by atoms with E-state index in [0.29, 0.717) is 0 Å². The predicted molar refractivity (Wildman–Crippen MR) is 64.9 cm³/mol. The van der Waals surface area contributed by atoms with Crippen molar-refractivity contribution in [2.24, 2.45) is 11.7 Å². The van der Waals surface area contributed by atoms with E-state index in [1.54, 1.807) is 20.8 Å². The van der Waals surface area contributed by atoms with Gasteiger partial charge in [-0.05, 0) is 20.8 Å². The maximum atomic E-state index is 12.1. The highest BCUT2D eigenvalue weighted by Gasteiger charge is 2.44. The topological polar surface area (TPSA) is 92.5 Å². The van der Waals surface area contributed by atoms with Crippen LogP contribution < -0.4 is 11.1 Å². The Morgan fingerprint density at radius 2 is 2.06 bits per heavy atom. The number of piperazine rings is 1. The van der Waals surface area contributed by atoms with Gasteiger partial charge in [-0.2, -0.15) is 0 Å². The van der Waals surface area contributed by atoms with Crippen LogP contribution in [-0.2, 0) is 14.4 Å². The van der Waals surface area contributed by atoms with Crippen LogP contribution in [0.4, 0.5) is 0 Å². The first-order valence-corrected chi connectivity index (χ1v) is 5.54. The third-order valence-corrected chi connectivity index (χ3v) is 3.20. The van der Waals surface area contributed by atoms with Crippen molar-refractivity contribution in [1.82, 2.24) is 10.2 Å². The Labute approximate surface area is 105 Å². The molecular formula is C10H15N3O3S. The van der Waals surface area contributed by atoms with Gasteiger partial charge in [0, 0.05) is 0 Å². The molecule has 0 aliphatic carbocycles. The van der Waals surface area contributed by atoms with Gasteiger partial charge in [-0.15, -0.1) is 0 Å². The van der Waals surface area contributed by atoms with Gasteiger partial charge in [0.15, 0.2) is 0 Å². The molecule has 1 fully saturated rings. The molecule has 0 aromatic rings. The number of carbonyl (C=O) groups is 3. The maximum Gasteiger partial charge on any atom is 0.252 e. The normalized spacial score (nSPS) is 20.8. The van der Waals surface area contributed by atoms with Crippen LogP contribution in [-0.4, -0.2) is 39.7 Å². The van der Waals surface area contributed by atoms with Gasteiger partial charge in [-0.25, -0.2) is 0 Å². The average molecular weight is 257 g/mol. The SMILES string of the molecule is CC(C(=O)N1CC(=O)NC(=O)C1(C)C)C(N)=S. The Morgan fingerprint density at radius 3 is 2.53 bits per heavy atom. The van der Waals surface area contributed by atoms with Crippen LogP contribution >= 0.6 is 12.2 Å². The quantitative estimate of drug-likeness (QED) is 0.497. The minimum Gasteiger partial charge on any atom is -0.393 e. The van der Waals surface area contributed by atoms with E-state index in [9.17, 15) is 14.4 Å². The Kier molecular flexibility index (Phi) is 3.51. The van der Waals surface area contributed by atoms with Crippen LogP contribution in [0.15, 0.2) is 0 Å². The molecule has 0 radical (unpaired) electrons. The second-order valence-electron chi connectivity index (χ2n) is 4.48.